The monoisotopic (exact) mass is 377 g/mol. The number of thiophene rings is 1. The molecule has 1 aliphatic rings. The zero-order chi connectivity index (χ0) is 18.0. The number of hydrogen-bond donors (Lipinski definition) is 0. The molecule has 0 radical (unpaired) electrons. The van der Waals surface area contributed by atoms with Crippen molar-refractivity contribution >= 4 is 21.4 Å². The number of rotatable bonds is 4. The Kier molecular flexibility index (Phi) is 5.66. The van der Waals surface area contributed by atoms with E-state index >= 15 is 0 Å². The van der Waals surface area contributed by atoms with E-state index in [9.17, 15) is 8.42 Å². The highest BCUT2D eigenvalue weighted by atomic mass is 32.2. The lowest BCUT2D eigenvalue weighted by molar-refractivity contribution is 0.333. The summed E-state index contributed by atoms with van der Waals surface area (Å²) < 4.78 is 28.4. The molecular formula is C20H27NO2S2. The van der Waals surface area contributed by atoms with Crippen LogP contribution < -0.4 is 0 Å². The third kappa shape index (κ3) is 3.99. The van der Waals surface area contributed by atoms with Gasteiger partial charge in [-0.15, -0.1) is 11.3 Å². The standard InChI is InChI=1S/C20H27NO2S2/c1-15(2)17-9-11-18(12-10-17)25(22,23)21-14-6-4-5-7-19(21)20-13-8-16(3)24-20/h8-13,15,19H,4-7,14H2,1-3H3. The van der Waals surface area contributed by atoms with Crippen molar-refractivity contribution in [1.29, 1.82) is 0 Å². The molecule has 0 amide bonds. The van der Waals surface area contributed by atoms with Crippen LogP contribution in [0.2, 0.25) is 0 Å². The summed E-state index contributed by atoms with van der Waals surface area (Å²) in [5.74, 6) is 0.400. The van der Waals surface area contributed by atoms with Crippen molar-refractivity contribution < 1.29 is 8.42 Å². The zero-order valence-electron chi connectivity index (χ0n) is 15.2. The molecule has 3 nitrogen and oxygen atoms in total. The third-order valence-electron chi connectivity index (χ3n) is 4.95. The van der Waals surface area contributed by atoms with Crippen LogP contribution >= 0.6 is 11.3 Å². The Labute approximate surface area is 155 Å². The van der Waals surface area contributed by atoms with Gasteiger partial charge in [0.2, 0.25) is 10.0 Å². The van der Waals surface area contributed by atoms with Crippen molar-refractivity contribution in [1.82, 2.24) is 4.31 Å². The summed E-state index contributed by atoms with van der Waals surface area (Å²) in [6.45, 7) is 6.92. The van der Waals surface area contributed by atoms with E-state index in [4.69, 9.17) is 0 Å². The lowest BCUT2D eigenvalue weighted by Crippen LogP contribution is -2.34. The lowest BCUT2D eigenvalue weighted by atomic mass is 10.0. The van der Waals surface area contributed by atoms with Gasteiger partial charge in [-0.1, -0.05) is 38.8 Å². The van der Waals surface area contributed by atoms with Gasteiger partial charge in [-0.3, -0.25) is 0 Å². The Bertz CT molecular complexity index is 806. The molecule has 0 saturated carbocycles. The molecular weight excluding hydrogens is 350 g/mol. The Balaban J connectivity index is 1.96. The second-order valence-corrected chi connectivity index (χ2v) is 10.4. The summed E-state index contributed by atoms with van der Waals surface area (Å²) in [6, 6.07) is 11.6. The molecule has 1 aliphatic heterocycles. The average molecular weight is 378 g/mol. The molecule has 2 heterocycles. The fourth-order valence-corrected chi connectivity index (χ4v) is 6.21. The van der Waals surface area contributed by atoms with Gasteiger partial charge in [-0.2, -0.15) is 4.31 Å². The summed E-state index contributed by atoms with van der Waals surface area (Å²) in [5, 5.41) is 0. The van der Waals surface area contributed by atoms with Gasteiger partial charge in [0, 0.05) is 16.3 Å². The molecule has 2 aromatic rings. The van der Waals surface area contributed by atoms with Crippen LogP contribution in [0.5, 0.6) is 0 Å². The molecule has 1 aromatic heterocycles. The van der Waals surface area contributed by atoms with Gasteiger partial charge in [0.15, 0.2) is 0 Å². The molecule has 1 saturated heterocycles. The molecule has 3 rings (SSSR count). The highest BCUT2D eigenvalue weighted by molar-refractivity contribution is 7.89. The second kappa shape index (κ2) is 7.60. The fraction of sp³-hybridized carbons (Fsp3) is 0.500. The fourth-order valence-electron chi connectivity index (χ4n) is 3.45. The summed E-state index contributed by atoms with van der Waals surface area (Å²) >= 11 is 1.72. The van der Waals surface area contributed by atoms with Crippen LogP contribution in [0.3, 0.4) is 0 Å². The highest BCUT2D eigenvalue weighted by Gasteiger charge is 2.34. The van der Waals surface area contributed by atoms with Gasteiger partial charge in [-0.25, -0.2) is 8.42 Å². The first-order valence-electron chi connectivity index (χ1n) is 9.08. The van der Waals surface area contributed by atoms with Crippen molar-refractivity contribution in [3.8, 4) is 0 Å². The second-order valence-electron chi connectivity index (χ2n) is 7.15. The van der Waals surface area contributed by atoms with Gasteiger partial charge >= 0.3 is 0 Å². The predicted octanol–water partition coefficient (Wildman–Crippen LogP) is 5.49. The molecule has 0 aliphatic carbocycles. The normalized spacial score (nSPS) is 19.9. The minimum absolute atomic E-state index is 0.0315. The van der Waals surface area contributed by atoms with Crippen molar-refractivity contribution in [3.63, 3.8) is 0 Å². The summed E-state index contributed by atoms with van der Waals surface area (Å²) in [6.07, 6.45) is 4.02. The topological polar surface area (TPSA) is 37.4 Å². The molecule has 0 bridgehead atoms. The molecule has 1 atom stereocenters. The van der Waals surface area contributed by atoms with Crippen LogP contribution in [0.25, 0.3) is 0 Å². The van der Waals surface area contributed by atoms with Crippen LogP contribution in [-0.4, -0.2) is 19.3 Å². The predicted molar refractivity (Wildman–Crippen MR) is 105 cm³/mol. The van der Waals surface area contributed by atoms with Crippen LogP contribution in [0, 0.1) is 6.92 Å². The molecule has 136 valence electrons. The Hall–Kier alpha value is -1.17. The zero-order valence-corrected chi connectivity index (χ0v) is 16.9. The van der Waals surface area contributed by atoms with E-state index in [2.05, 4.69) is 32.9 Å². The summed E-state index contributed by atoms with van der Waals surface area (Å²) in [4.78, 5) is 2.82. The first-order valence-corrected chi connectivity index (χ1v) is 11.3. The van der Waals surface area contributed by atoms with Crippen molar-refractivity contribution in [2.75, 3.05) is 6.54 Å². The van der Waals surface area contributed by atoms with Crippen LogP contribution in [0.15, 0.2) is 41.3 Å². The van der Waals surface area contributed by atoms with Crippen molar-refractivity contribution in [2.45, 2.75) is 63.3 Å². The minimum Gasteiger partial charge on any atom is -0.207 e. The first kappa shape index (κ1) is 18.6. The van der Waals surface area contributed by atoms with Gasteiger partial charge in [0.1, 0.15) is 0 Å². The molecule has 0 N–H and O–H groups in total. The van der Waals surface area contributed by atoms with Gasteiger partial charge in [-0.05, 0) is 55.5 Å². The first-order chi connectivity index (χ1) is 11.9. The maximum absolute atomic E-state index is 13.3. The van der Waals surface area contributed by atoms with E-state index < -0.39 is 10.0 Å². The smallest absolute Gasteiger partial charge is 0.207 e. The van der Waals surface area contributed by atoms with Crippen LogP contribution in [0.1, 0.15) is 66.8 Å². The Morgan fingerprint density at radius 2 is 1.76 bits per heavy atom. The van der Waals surface area contributed by atoms with Crippen molar-refractivity contribution in [2.24, 2.45) is 0 Å². The minimum atomic E-state index is -3.48. The number of aryl methyl sites for hydroxylation is 1. The van der Waals surface area contributed by atoms with Gasteiger partial charge in [0.25, 0.3) is 0 Å². The lowest BCUT2D eigenvalue weighted by Gasteiger charge is -2.28. The number of nitrogens with zero attached hydrogens (tertiary/aromatic N) is 1. The summed E-state index contributed by atoms with van der Waals surface area (Å²) in [7, 11) is -3.48. The number of hydrogen-bond acceptors (Lipinski definition) is 3. The quantitative estimate of drug-likeness (QED) is 0.707. The van der Waals surface area contributed by atoms with E-state index in [1.807, 2.05) is 12.1 Å². The molecule has 1 aromatic carbocycles. The highest BCUT2D eigenvalue weighted by Crippen LogP contribution is 2.37. The molecule has 5 heteroatoms. The molecule has 25 heavy (non-hydrogen) atoms. The third-order valence-corrected chi connectivity index (χ3v) is 7.97. The summed E-state index contributed by atoms with van der Waals surface area (Å²) in [5.41, 5.74) is 1.17. The molecule has 1 unspecified atom stereocenters. The number of sulfonamides is 1. The van der Waals surface area contributed by atoms with E-state index in [0.29, 0.717) is 17.4 Å². The van der Waals surface area contributed by atoms with Crippen LogP contribution in [0.4, 0.5) is 0 Å². The maximum atomic E-state index is 13.3. The largest absolute Gasteiger partial charge is 0.243 e. The van der Waals surface area contributed by atoms with Gasteiger partial charge < -0.3 is 0 Å². The van der Waals surface area contributed by atoms with E-state index in [-0.39, 0.29) is 6.04 Å². The molecule has 0 spiro atoms. The Morgan fingerprint density at radius 1 is 1.04 bits per heavy atom. The van der Waals surface area contributed by atoms with Crippen LogP contribution in [-0.2, 0) is 10.0 Å². The molecule has 1 fully saturated rings. The SMILES string of the molecule is Cc1ccc(C2CCCCCN2S(=O)(=O)c2ccc(C(C)C)cc2)s1. The average Bonchev–Trinajstić information content (AvgIpc) is 2.86. The Morgan fingerprint density at radius 3 is 2.36 bits per heavy atom. The van der Waals surface area contributed by atoms with E-state index in [1.54, 1.807) is 27.8 Å². The van der Waals surface area contributed by atoms with Crippen molar-refractivity contribution in [3.05, 3.63) is 51.7 Å². The van der Waals surface area contributed by atoms with E-state index in [1.165, 1.54) is 15.3 Å². The van der Waals surface area contributed by atoms with E-state index in [0.717, 1.165) is 25.7 Å². The maximum Gasteiger partial charge on any atom is 0.243 e. The van der Waals surface area contributed by atoms with Gasteiger partial charge in [0.05, 0.1) is 10.9 Å². The number of benzene rings is 1.